The molecule has 34 heavy (non-hydrogen) atoms. The van der Waals surface area contributed by atoms with E-state index in [1.165, 1.54) is 6.08 Å². The summed E-state index contributed by atoms with van der Waals surface area (Å²) in [6, 6.07) is 15.7. The second-order valence-corrected chi connectivity index (χ2v) is 8.27. The molecule has 1 unspecified atom stereocenters. The van der Waals surface area contributed by atoms with Crippen molar-refractivity contribution in [2.45, 2.75) is 25.1 Å². The number of alkyl halides is 3. The highest BCUT2D eigenvalue weighted by atomic mass is 19.4. The summed E-state index contributed by atoms with van der Waals surface area (Å²) < 4.78 is 50.1. The lowest BCUT2D eigenvalue weighted by Crippen LogP contribution is -2.57. The molecule has 0 saturated carbocycles. The molecular formula is C25H26F3N3O3. The Morgan fingerprint density at radius 2 is 1.74 bits per heavy atom. The predicted molar refractivity (Wildman–Crippen MR) is 121 cm³/mol. The van der Waals surface area contributed by atoms with Gasteiger partial charge in [-0.25, -0.2) is 0 Å². The third-order valence-corrected chi connectivity index (χ3v) is 5.85. The van der Waals surface area contributed by atoms with Gasteiger partial charge in [0.2, 0.25) is 0 Å². The highest BCUT2D eigenvalue weighted by molar-refractivity contribution is 5.95. The van der Waals surface area contributed by atoms with Crippen molar-refractivity contribution < 1.29 is 27.4 Å². The number of nitrogens with two attached hydrogens (primary N) is 1. The van der Waals surface area contributed by atoms with Gasteiger partial charge in [0.15, 0.2) is 5.72 Å². The summed E-state index contributed by atoms with van der Waals surface area (Å²) in [5.41, 5.74) is 5.95. The minimum absolute atomic E-state index is 0.208. The molecule has 1 amide bonds. The number of hydrogen-bond acceptors (Lipinski definition) is 5. The van der Waals surface area contributed by atoms with E-state index in [2.05, 4.69) is 15.0 Å². The first kappa shape index (κ1) is 24.0. The van der Waals surface area contributed by atoms with Crippen LogP contribution in [0.2, 0.25) is 0 Å². The Morgan fingerprint density at radius 3 is 2.38 bits per heavy atom. The molecule has 0 radical (unpaired) electrons. The van der Waals surface area contributed by atoms with Crippen LogP contribution in [0.3, 0.4) is 0 Å². The van der Waals surface area contributed by atoms with Crippen LogP contribution in [-0.2, 0) is 16.0 Å². The van der Waals surface area contributed by atoms with Crippen LogP contribution in [0.5, 0.6) is 0 Å². The van der Waals surface area contributed by atoms with E-state index in [0.29, 0.717) is 30.9 Å². The fraction of sp³-hybridized carbons (Fsp3) is 0.320. The molecule has 2 aliphatic rings. The Morgan fingerprint density at radius 1 is 1.06 bits per heavy atom. The van der Waals surface area contributed by atoms with E-state index >= 15 is 0 Å². The third-order valence-electron chi connectivity index (χ3n) is 5.85. The fourth-order valence-electron chi connectivity index (χ4n) is 4.07. The number of benzene rings is 2. The molecule has 1 heterocycles. The second-order valence-electron chi connectivity index (χ2n) is 8.27. The number of nitrogens with one attached hydrogen (secondary N) is 1. The summed E-state index contributed by atoms with van der Waals surface area (Å²) in [6.45, 7) is 3.70. The summed E-state index contributed by atoms with van der Waals surface area (Å²) in [4.78, 5) is 15.2. The predicted octanol–water partition coefficient (Wildman–Crippen LogP) is 3.81. The van der Waals surface area contributed by atoms with Gasteiger partial charge in [-0.3, -0.25) is 14.4 Å². The molecule has 3 N–H and O–H groups in total. The number of rotatable bonds is 6. The molecule has 1 aliphatic heterocycles. The highest BCUT2D eigenvalue weighted by Gasteiger charge is 2.48. The van der Waals surface area contributed by atoms with Crippen molar-refractivity contribution in [1.82, 2.24) is 10.2 Å². The SMILES string of the molecule is NC1=CC=C(c2ccccc2)CC1(NC(=O)c1ccc(CN2CCOCC2)cc1)OC(F)(F)F. The molecule has 4 rings (SSSR count). The monoisotopic (exact) mass is 473 g/mol. The number of amides is 1. The summed E-state index contributed by atoms with van der Waals surface area (Å²) in [5, 5.41) is 2.41. The van der Waals surface area contributed by atoms with E-state index in [4.69, 9.17) is 10.5 Å². The largest absolute Gasteiger partial charge is 0.524 e. The van der Waals surface area contributed by atoms with Gasteiger partial charge in [0, 0.05) is 31.6 Å². The van der Waals surface area contributed by atoms with Crippen molar-refractivity contribution in [3.05, 3.63) is 89.1 Å². The van der Waals surface area contributed by atoms with E-state index in [9.17, 15) is 18.0 Å². The first-order valence-electron chi connectivity index (χ1n) is 10.9. The number of carbonyl (C=O) groups excluding carboxylic acids is 1. The first-order valence-corrected chi connectivity index (χ1v) is 10.9. The molecule has 1 aliphatic carbocycles. The maximum absolute atomic E-state index is 13.4. The van der Waals surface area contributed by atoms with Crippen LogP contribution >= 0.6 is 0 Å². The van der Waals surface area contributed by atoms with Gasteiger partial charge in [0.25, 0.3) is 5.91 Å². The Bertz CT molecular complexity index is 1060. The van der Waals surface area contributed by atoms with Gasteiger partial charge in [0.05, 0.1) is 18.9 Å². The molecule has 0 aromatic heterocycles. The molecular weight excluding hydrogens is 447 g/mol. The number of nitrogens with zero attached hydrogens (tertiary/aromatic N) is 1. The number of halogens is 3. The fourth-order valence-corrected chi connectivity index (χ4v) is 4.07. The summed E-state index contributed by atoms with van der Waals surface area (Å²) in [6.07, 6.45) is -2.33. The number of allylic oxidation sites excluding steroid dienone is 2. The minimum atomic E-state index is -5.02. The Labute approximate surface area is 195 Å². The lowest BCUT2D eigenvalue weighted by atomic mass is 9.89. The van der Waals surface area contributed by atoms with Gasteiger partial charge in [-0.15, -0.1) is 13.2 Å². The van der Waals surface area contributed by atoms with Crippen molar-refractivity contribution in [1.29, 1.82) is 0 Å². The Hall–Kier alpha value is -3.14. The normalized spacial score (nSPS) is 21.5. The van der Waals surface area contributed by atoms with E-state index in [-0.39, 0.29) is 17.7 Å². The number of hydrogen-bond donors (Lipinski definition) is 2. The molecule has 2 aromatic carbocycles. The van der Waals surface area contributed by atoms with Crippen molar-refractivity contribution in [2.24, 2.45) is 5.73 Å². The quantitative estimate of drug-likeness (QED) is 0.624. The minimum Gasteiger partial charge on any atom is -0.398 e. The van der Waals surface area contributed by atoms with Gasteiger partial charge in [-0.1, -0.05) is 48.5 Å². The van der Waals surface area contributed by atoms with E-state index in [0.717, 1.165) is 18.7 Å². The molecule has 2 aromatic rings. The van der Waals surface area contributed by atoms with Crippen molar-refractivity contribution in [2.75, 3.05) is 26.3 Å². The Kier molecular flexibility index (Phi) is 7.06. The van der Waals surface area contributed by atoms with Crippen LogP contribution in [0.15, 0.2) is 72.4 Å². The van der Waals surface area contributed by atoms with Gasteiger partial charge in [0.1, 0.15) is 0 Å². The molecule has 0 bridgehead atoms. The Balaban J connectivity index is 1.53. The molecule has 9 heteroatoms. The molecule has 180 valence electrons. The summed E-state index contributed by atoms with van der Waals surface area (Å²) in [7, 11) is 0. The zero-order chi connectivity index (χ0) is 24.2. The number of ether oxygens (including phenoxy) is 2. The van der Waals surface area contributed by atoms with Crippen LogP contribution < -0.4 is 11.1 Å². The first-order chi connectivity index (χ1) is 16.2. The van der Waals surface area contributed by atoms with Gasteiger partial charge in [-0.2, -0.15) is 0 Å². The average Bonchev–Trinajstić information content (AvgIpc) is 2.81. The third kappa shape index (κ3) is 5.85. The number of carbonyl (C=O) groups is 1. The topological polar surface area (TPSA) is 76.8 Å². The van der Waals surface area contributed by atoms with Crippen molar-refractivity contribution in [3.63, 3.8) is 0 Å². The molecule has 1 fully saturated rings. The molecule has 6 nitrogen and oxygen atoms in total. The summed E-state index contributed by atoms with van der Waals surface area (Å²) >= 11 is 0. The van der Waals surface area contributed by atoms with E-state index in [1.54, 1.807) is 60.7 Å². The average molecular weight is 473 g/mol. The van der Waals surface area contributed by atoms with Crippen molar-refractivity contribution in [3.8, 4) is 0 Å². The smallest absolute Gasteiger partial charge is 0.398 e. The molecule has 1 saturated heterocycles. The maximum Gasteiger partial charge on any atom is 0.524 e. The van der Waals surface area contributed by atoms with Gasteiger partial charge >= 0.3 is 6.36 Å². The van der Waals surface area contributed by atoms with Crippen molar-refractivity contribution >= 4 is 11.5 Å². The number of morpholine rings is 1. The van der Waals surface area contributed by atoms with Crippen LogP contribution in [0, 0.1) is 0 Å². The van der Waals surface area contributed by atoms with Crippen LogP contribution in [0.4, 0.5) is 13.2 Å². The zero-order valence-corrected chi connectivity index (χ0v) is 18.5. The van der Waals surface area contributed by atoms with Crippen LogP contribution in [0.1, 0.15) is 27.9 Å². The summed E-state index contributed by atoms with van der Waals surface area (Å²) in [5.74, 6) is -0.715. The second kappa shape index (κ2) is 10.0. The maximum atomic E-state index is 13.4. The van der Waals surface area contributed by atoms with E-state index in [1.807, 2.05) is 0 Å². The lowest BCUT2D eigenvalue weighted by molar-refractivity contribution is -0.362. The van der Waals surface area contributed by atoms with E-state index < -0.39 is 18.0 Å². The highest BCUT2D eigenvalue weighted by Crippen LogP contribution is 2.38. The van der Waals surface area contributed by atoms with Crippen LogP contribution in [0.25, 0.3) is 5.57 Å². The standard InChI is InChI=1S/C25H26F3N3O3/c26-25(27,28)34-24(16-21(10-11-22(24)29)19-4-2-1-3-5-19)30-23(32)20-8-6-18(7-9-20)17-31-12-14-33-15-13-31/h1-11H,12-17,29H2,(H,30,32). The molecule has 0 spiro atoms. The van der Waals surface area contributed by atoms with Gasteiger partial charge in [-0.05, 0) is 34.9 Å². The van der Waals surface area contributed by atoms with Gasteiger partial charge < -0.3 is 15.8 Å². The van der Waals surface area contributed by atoms with Crippen LogP contribution in [-0.4, -0.2) is 49.2 Å². The molecule has 1 atom stereocenters. The lowest BCUT2D eigenvalue weighted by Gasteiger charge is -2.38. The zero-order valence-electron chi connectivity index (χ0n) is 18.5.